The molecule has 3 atom stereocenters. The van der Waals surface area contributed by atoms with Gasteiger partial charge >= 0.3 is 0 Å². The number of rotatable bonds is 5. The lowest BCUT2D eigenvalue weighted by Gasteiger charge is -2.13. The fourth-order valence-corrected chi connectivity index (χ4v) is 4.64. The first kappa shape index (κ1) is 16.2. The van der Waals surface area contributed by atoms with Crippen molar-refractivity contribution in [2.24, 2.45) is 0 Å². The second-order valence-corrected chi connectivity index (χ2v) is 7.75. The topological polar surface area (TPSA) is 114 Å². The average molecular weight is 337 g/mol. The van der Waals surface area contributed by atoms with Gasteiger partial charge in [-0.1, -0.05) is 12.1 Å². The predicted molar refractivity (Wildman–Crippen MR) is 75.5 cm³/mol. The molecule has 0 saturated carbocycles. The number of hydrogen-bond acceptors (Lipinski definition) is 6. The quantitative estimate of drug-likeness (QED) is 0.683. The fraction of sp³-hybridized carbons (Fsp3) is 0.727. The Morgan fingerprint density at radius 1 is 1.62 bits per heavy atom. The third-order valence-corrected chi connectivity index (χ3v) is 5.60. The number of aliphatic hydroxyl groups excluding tert-OH is 1. The number of aliphatic hydroxyl groups is 1. The molecule has 1 fully saturated rings. The lowest BCUT2D eigenvalue weighted by atomic mass is 10.2. The van der Waals surface area contributed by atoms with Crippen molar-refractivity contribution in [1.82, 2.24) is 20.3 Å². The summed E-state index contributed by atoms with van der Waals surface area (Å²) in [6.07, 6.45) is 1.27. The van der Waals surface area contributed by atoms with Crippen LogP contribution in [0.3, 0.4) is 0 Å². The number of alkyl halides is 1. The van der Waals surface area contributed by atoms with E-state index < -0.39 is 33.3 Å². The summed E-state index contributed by atoms with van der Waals surface area (Å²) in [5, 5.41) is 19.1. The summed E-state index contributed by atoms with van der Waals surface area (Å²) in [5.41, 5.74) is 0.393. The molecule has 0 spiro atoms. The molecule has 1 aliphatic rings. The monoisotopic (exact) mass is 336 g/mol. The van der Waals surface area contributed by atoms with Crippen LogP contribution in [-0.2, 0) is 21.2 Å². The maximum Gasteiger partial charge on any atom is 0.242 e. The van der Waals surface area contributed by atoms with Crippen LogP contribution >= 0.6 is 11.6 Å². The molecule has 2 rings (SSSR count). The Morgan fingerprint density at radius 3 is 2.90 bits per heavy atom. The second-order valence-electron chi connectivity index (χ2n) is 5.03. The zero-order valence-corrected chi connectivity index (χ0v) is 13.0. The van der Waals surface area contributed by atoms with E-state index in [2.05, 4.69) is 15.6 Å². The van der Waals surface area contributed by atoms with Gasteiger partial charge in [-0.15, -0.1) is 16.7 Å². The van der Waals surface area contributed by atoms with E-state index in [4.69, 9.17) is 11.6 Å². The number of halogens is 1. The Kier molecular flexibility index (Phi) is 4.84. The molecule has 1 aliphatic heterocycles. The van der Waals surface area contributed by atoms with Gasteiger partial charge < -0.3 is 10.4 Å². The highest BCUT2D eigenvalue weighted by Crippen LogP contribution is 2.18. The highest BCUT2D eigenvalue weighted by Gasteiger charge is 2.37. The number of carbonyl (C=O) groups excluding carboxylic acids is 1. The fourth-order valence-electron chi connectivity index (χ4n) is 2.09. The van der Waals surface area contributed by atoms with E-state index in [1.165, 1.54) is 10.9 Å². The predicted octanol–water partition coefficient (Wildman–Crippen LogP) is -0.758. The molecule has 3 unspecified atom stereocenters. The van der Waals surface area contributed by atoms with Crippen molar-refractivity contribution in [3.05, 3.63) is 11.9 Å². The molecule has 0 radical (unpaired) electrons. The molecule has 2 heterocycles. The number of amides is 1. The van der Waals surface area contributed by atoms with Crippen molar-refractivity contribution >= 4 is 27.3 Å². The minimum atomic E-state index is -3.19. The van der Waals surface area contributed by atoms with E-state index in [0.29, 0.717) is 12.1 Å². The number of hydrogen-bond donors (Lipinski definition) is 2. The van der Waals surface area contributed by atoms with Crippen LogP contribution in [0.15, 0.2) is 6.20 Å². The molecular weight excluding hydrogens is 320 g/mol. The molecule has 0 aliphatic carbocycles. The van der Waals surface area contributed by atoms with Crippen molar-refractivity contribution in [3.63, 3.8) is 0 Å². The van der Waals surface area contributed by atoms with Crippen LogP contribution in [0.5, 0.6) is 0 Å². The van der Waals surface area contributed by atoms with Gasteiger partial charge in [0.1, 0.15) is 12.2 Å². The molecule has 1 aromatic rings. The third-order valence-electron chi connectivity index (χ3n) is 3.22. The van der Waals surface area contributed by atoms with Crippen LogP contribution in [-0.4, -0.2) is 57.4 Å². The van der Waals surface area contributed by atoms with E-state index in [1.54, 1.807) is 6.92 Å². The SMILES string of the molecule is CCC(O)c1cn(CC(=O)NC2CS(=O)(=O)CC2Cl)nn1. The van der Waals surface area contributed by atoms with E-state index in [9.17, 15) is 18.3 Å². The van der Waals surface area contributed by atoms with Crippen LogP contribution in [0.2, 0.25) is 0 Å². The zero-order chi connectivity index (χ0) is 15.6. The third kappa shape index (κ3) is 4.14. The Balaban J connectivity index is 1.92. The van der Waals surface area contributed by atoms with E-state index in [0.717, 1.165) is 0 Å². The lowest BCUT2D eigenvalue weighted by Crippen LogP contribution is -2.42. The lowest BCUT2D eigenvalue weighted by molar-refractivity contribution is -0.122. The Hall–Kier alpha value is -1.19. The zero-order valence-electron chi connectivity index (χ0n) is 11.4. The van der Waals surface area contributed by atoms with Crippen LogP contribution in [0.1, 0.15) is 25.1 Å². The molecule has 118 valence electrons. The number of nitrogens with one attached hydrogen (secondary N) is 1. The first-order valence-corrected chi connectivity index (χ1v) is 8.78. The van der Waals surface area contributed by atoms with Crippen molar-refractivity contribution < 1.29 is 18.3 Å². The van der Waals surface area contributed by atoms with Gasteiger partial charge in [-0.2, -0.15) is 0 Å². The van der Waals surface area contributed by atoms with Crippen LogP contribution < -0.4 is 5.32 Å². The minimum absolute atomic E-state index is 0.108. The molecule has 1 amide bonds. The first-order chi connectivity index (χ1) is 9.80. The summed E-state index contributed by atoms with van der Waals surface area (Å²) in [6.45, 7) is 1.70. The smallest absolute Gasteiger partial charge is 0.242 e. The van der Waals surface area contributed by atoms with Gasteiger partial charge in [0.2, 0.25) is 5.91 Å². The molecule has 2 N–H and O–H groups in total. The molecule has 8 nitrogen and oxygen atoms in total. The Bertz CT molecular complexity index is 617. The molecule has 0 aromatic carbocycles. The van der Waals surface area contributed by atoms with E-state index >= 15 is 0 Å². The van der Waals surface area contributed by atoms with Gasteiger partial charge in [-0.25, -0.2) is 13.1 Å². The Labute approximate surface area is 127 Å². The molecule has 21 heavy (non-hydrogen) atoms. The van der Waals surface area contributed by atoms with Gasteiger partial charge in [0.05, 0.1) is 35.2 Å². The van der Waals surface area contributed by atoms with Crippen molar-refractivity contribution in [2.45, 2.75) is 37.4 Å². The van der Waals surface area contributed by atoms with Gasteiger partial charge in [-0.3, -0.25) is 4.79 Å². The molecule has 1 saturated heterocycles. The normalized spacial score (nSPS) is 25.7. The van der Waals surface area contributed by atoms with E-state index in [-0.39, 0.29) is 18.1 Å². The molecule has 1 aromatic heterocycles. The summed E-state index contributed by atoms with van der Waals surface area (Å²) in [5.74, 6) is -0.676. The van der Waals surface area contributed by atoms with Gasteiger partial charge in [-0.05, 0) is 6.42 Å². The van der Waals surface area contributed by atoms with Crippen molar-refractivity contribution in [2.75, 3.05) is 11.5 Å². The van der Waals surface area contributed by atoms with Gasteiger partial charge in [0.25, 0.3) is 0 Å². The van der Waals surface area contributed by atoms with Crippen LogP contribution in [0.4, 0.5) is 0 Å². The summed E-state index contributed by atoms with van der Waals surface area (Å²) < 4.78 is 24.1. The van der Waals surface area contributed by atoms with E-state index in [1.807, 2.05) is 0 Å². The largest absolute Gasteiger partial charge is 0.387 e. The maximum atomic E-state index is 11.9. The second kappa shape index (κ2) is 6.29. The average Bonchev–Trinajstić information content (AvgIpc) is 2.93. The number of sulfone groups is 1. The number of aromatic nitrogens is 3. The first-order valence-electron chi connectivity index (χ1n) is 6.52. The summed E-state index contributed by atoms with van der Waals surface area (Å²) in [7, 11) is -3.19. The van der Waals surface area contributed by atoms with Gasteiger partial charge in [0.15, 0.2) is 9.84 Å². The standard InChI is InChI=1S/C11H17ClN4O4S/c1-2-10(17)8-3-16(15-14-8)4-11(18)13-9-6-21(19,20)5-7(9)12/h3,7,9-10,17H,2,4-6H2,1H3,(H,13,18). The van der Waals surface area contributed by atoms with Crippen LogP contribution in [0.25, 0.3) is 0 Å². The summed E-state index contributed by atoms with van der Waals surface area (Å²) in [4.78, 5) is 11.9. The number of carbonyl (C=O) groups is 1. The van der Waals surface area contributed by atoms with Crippen molar-refractivity contribution in [1.29, 1.82) is 0 Å². The minimum Gasteiger partial charge on any atom is -0.387 e. The summed E-state index contributed by atoms with van der Waals surface area (Å²) in [6, 6.07) is -0.589. The molecule has 10 heteroatoms. The summed E-state index contributed by atoms with van der Waals surface area (Å²) >= 11 is 5.91. The maximum absolute atomic E-state index is 11.9. The highest BCUT2D eigenvalue weighted by molar-refractivity contribution is 7.91. The van der Waals surface area contributed by atoms with Crippen LogP contribution in [0, 0.1) is 0 Å². The number of nitrogens with zero attached hydrogens (tertiary/aromatic N) is 3. The Morgan fingerprint density at radius 2 is 2.33 bits per heavy atom. The molecule has 0 bridgehead atoms. The van der Waals surface area contributed by atoms with Gasteiger partial charge in [0, 0.05) is 0 Å². The van der Waals surface area contributed by atoms with Crippen molar-refractivity contribution in [3.8, 4) is 0 Å². The molecular formula is C11H17ClN4O4S. The highest BCUT2D eigenvalue weighted by atomic mass is 35.5.